The Morgan fingerprint density at radius 3 is 2.77 bits per heavy atom. The van der Waals surface area contributed by atoms with Crippen LogP contribution >= 0.6 is 0 Å². The lowest BCUT2D eigenvalue weighted by Crippen LogP contribution is -2.38. The number of benzene rings is 1. The first kappa shape index (κ1) is 18.1. The average Bonchev–Trinajstić information content (AvgIpc) is 3.17. The molecule has 0 fully saturated rings. The summed E-state index contributed by atoms with van der Waals surface area (Å²) in [5.74, 6) is 2.46. The fourth-order valence-electron chi connectivity index (χ4n) is 2.97. The molecule has 0 bridgehead atoms. The molecule has 0 unspecified atom stereocenters. The zero-order chi connectivity index (χ0) is 18.5. The number of nitrogens with zero attached hydrogens (tertiary/aromatic N) is 3. The maximum absolute atomic E-state index is 5.43. The molecule has 2 N–H and O–H groups in total. The first-order valence-corrected chi connectivity index (χ1v) is 8.98. The Labute approximate surface area is 154 Å². The van der Waals surface area contributed by atoms with E-state index in [0.717, 1.165) is 48.4 Å². The number of ether oxygens (including phenoxy) is 2. The molecule has 0 radical (unpaired) electrons. The molecule has 7 heteroatoms. The van der Waals surface area contributed by atoms with Crippen molar-refractivity contribution in [2.45, 2.75) is 33.7 Å². The van der Waals surface area contributed by atoms with Crippen LogP contribution in [-0.2, 0) is 20.0 Å². The highest BCUT2D eigenvalue weighted by Crippen LogP contribution is 2.32. The van der Waals surface area contributed by atoms with Crippen LogP contribution in [0.1, 0.15) is 29.4 Å². The van der Waals surface area contributed by atoms with Gasteiger partial charge in [0.1, 0.15) is 0 Å². The van der Waals surface area contributed by atoms with Gasteiger partial charge in [0.25, 0.3) is 0 Å². The van der Waals surface area contributed by atoms with Crippen molar-refractivity contribution in [2.24, 2.45) is 12.0 Å². The lowest BCUT2D eigenvalue weighted by Gasteiger charge is -2.11. The van der Waals surface area contributed by atoms with Gasteiger partial charge in [-0.25, -0.2) is 4.99 Å². The minimum absolute atomic E-state index is 0.307. The van der Waals surface area contributed by atoms with Crippen LogP contribution in [-0.4, -0.2) is 35.6 Å². The molecule has 7 nitrogen and oxygen atoms in total. The number of fused-ring (bicyclic) bond motifs is 1. The Kier molecular flexibility index (Phi) is 5.65. The van der Waals surface area contributed by atoms with Gasteiger partial charge in [0.05, 0.1) is 12.2 Å². The third-order valence-electron chi connectivity index (χ3n) is 4.54. The van der Waals surface area contributed by atoms with E-state index in [2.05, 4.69) is 35.6 Å². The molecule has 1 aromatic heterocycles. The molecule has 26 heavy (non-hydrogen) atoms. The average molecular weight is 357 g/mol. The highest BCUT2D eigenvalue weighted by Gasteiger charge is 2.13. The maximum Gasteiger partial charge on any atom is 0.231 e. The molecule has 140 valence electrons. The topological polar surface area (TPSA) is 72.7 Å². The summed E-state index contributed by atoms with van der Waals surface area (Å²) in [6.45, 7) is 8.70. The van der Waals surface area contributed by atoms with E-state index in [1.54, 1.807) is 0 Å². The molecule has 0 aliphatic carbocycles. The summed E-state index contributed by atoms with van der Waals surface area (Å²) in [6, 6.07) is 6.07. The Hall–Kier alpha value is -2.70. The second kappa shape index (κ2) is 8.12. The summed E-state index contributed by atoms with van der Waals surface area (Å²) in [7, 11) is 1.96. The van der Waals surface area contributed by atoms with E-state index in [9.17, 15) is 0 Å². The fraction of sp³-hybridized carbons (Fsp3) is 0.474. The first-order valence-electron chi connectivity index (χ1n) is 8.98. The largest absolute Gasteiger partial charge is 0.454 e. The summed E-state index contributed by atoms with van der Waals surface area (Å²) >= 11 is 0. The molecule has 1 aliphatic heterocycles. The minimum atomic E-state index is 0.307. The van der Waals surface area contributed by atoms with Crippen molar-refractivity contribution in [3.8, 4) is 11.5 Å². The van der Waals surface area contributed by atoms with Crippen molar-refractivity contribution in [1.82, 2.24) is 20.4 Å². The number of aryl methyl sites for hydroxylation is 2. The highest BCUT2D eigenvalue weighted by atomic mass is 16.7. The standard InChI is InChI=1S/C19H27N5O2/c1-5-20-19(22-11-16-13(2)23-24(4)14(16)3)21-9-8-15-6-7-17-18(10-15)26-12-25-17/h6-7,10H,5,8-9,11-12H2,1-4H3,(H2,20,21,22). The molecule has 0 spiro atoms. The van der Waals surface area contributed by atoms with Gasteiger partial charge in [-0.2, -0.15) is 5.10 Å². The van der Waals surface area contributed by atoms with Gasteiger partial charge < -0.3 is 20.1 Å². The van der Waals surface area contributed by atoms with Gasteiger partial charge in [-0.3, -0.25) is 4.68 Å². The molecule has 0 atom stereocenters. The van der Waals surface area contributed by atoms with Gasteiger partial charge in [0, 0.05) is 31.4 Å². The molecule has 3 rings (SSSR count). The maximum atomic E-state index is 5.43. The molecule has 2 aromatic rings. The van der Waals surface area contributed by atoms with Crippen molar-refractivity contribution >= 4 is 5.96 Å². The van der Waals surface area contributed by atoms with E-state index in [1.807, 2.05) is 30.8 Å². The SMILES string of the molecule is CCNC(=NCc1c(C)nn(C)c1C)NCCc1ccc2c(c1)OCO2. The van der Waals surface area contributed by atoms with E-state index >= 15 is 0 Å². The van der Waals surface area contributed by atoms with Crippen molar-refractivity contribution in [3.05, 3.63) is 40.7 Å². The Morgan fingerprint density at radius 1 is 1.23 bits per heavy atom. The molecule has 2 heterocycles. The number of guanidine groups is 1. The van der Waals surface area contributed by atoms with Gasteiger partial charge >= 0.3 is 0 Å². The summed E-state index contributed by atoms with van der Waals surface area (Å²) in [5, 5.41) is 11.1. The van der Waals surface area contributed by atoms with E-state index in [-0.39, 0.29) is 0 Å². The Morgan fingerprint density at radius 2 is 2.04 bits per heavy atom. The molecule has 1 aromatic carbocycles. The second-order valence-corrected chi connectivity index (χ2v) is 6.33. The fourth-order valence-corrected chi connectivity index (χ4v) is 2.97. The molecular weight excluding hydrogens is 330 g/mol. The van der Waals surface area contributed by atoms with E-state index in [1.165, 1.54) is 11.1 Å². The van der Waals surface area contributed by atoms with Gasteiger partial charge in [0.2, 0.25) is 6.79 Å². The van der Waals surface area contributed by atoms with Crippen LogP contribution in [0.2, 0.25) is 0 Å². The number of aromatic nitrogens is 2. The summed E-state index contributed by atoms with van der Waals surface area (Å²) in [5.41, 5.74) is 4.57. The third kappa shape index (κ3) is 4.09. The van der Waals surface area contributed by atoms with Crippen molar-refractivity contribution in [3.63, 3.8) is 0 Å². The lowest BCUT2D eigenvalue weighted by atomic mass is 10.1. The third-order valence-corrected chi connectivity index (χ3v) is 4.54. The van der Waals surface area contributed by atoms with Crippen LogP contribution in [0.4, 0.5) is 0 Å². The predicted molar refractivity (Wildman–Crippen MR) is 102 cm³/mol. The van der Waals surface area contributed by atoms with Gasteiger partial charge in [-0.15, -0.1) is 0 Å². The van der Waals surface area contributed by atoms with E-state index in [0.29, 0.717) is 13.3 Å². The van der Waals surface area contributed by atoms with Crippen LogP contribution in [0.25, 0.3) is 0 Å². The summed E-state index contributed by atoms with van der Waals surface area (Å²) in [6.07, 6.45) is 0.881. The highest BCUT2D eigenvalue weighted by molar-refractivity contribution is 5.79. The minimum Gasteiger partial charge on any atom is -0.454 e. The quantitative estimate of drug-likeness (QED) is 0.612. The molecule has 0 saturated carbocycles. The summed E-state index contributed by atoms with van der Waals surface area (Å²) in [4.78, 5) is 4.70. The van der Waals surface area contributed by atoms with Crippen LogP contribution in [0, 0.1) is 13.8 Å². The van der Waals surface area contributed by atoms with Gasteiger partial charge in [-0.1, -0.05) is 6.07 Å². The van der Waals surface area contributed by atoms with Crippen LogP contribution in [0.3, 0.4) is 0 Å². The predicted octanol–water partition coefficient (Wildman–Crippen LogP) is 2.06. The zero-order valence-corrected chi connectivity index (χ0v) is 15.9. The number of hydrogen-bond donors (Lipinski definition) is 2. The summed E-state index contributed by atoms with van der Waals surface area (Å²) < 4.78 is 12.7. The smallest absolute Gasteiger partial charge is 0.231 e. The molecule has 0 saturated heterocycles. The lowest BCUT2D eigenvalue weighted by molar-refractivity contribution is 0.174. The van der Waals surface area contributed by atoms with Crippen LogP contribution in [0.5, 0.6) is 11.5 Å². The second-order valence-electron chi connectivity index (χ2n) is 6.33. The van der Waals surface area contributed by atoms with Gasteiger partial charge in [-0.05, 0) is 44.9 Å². The van der Waals surface area contributed by atoms with Crippen molar-refractivity contribution < 1.29 is 9.47 Å². The first-order chi connectivity index (χ1) is 12.6. The number of rotatable bonds is 6. The van der Waals surface area contributed by atoms with Crippen molar-refractivity contribution in [2.75, 3.05) is 19.9 Å². The Bertz CT molecular complexity index is 797. The van der Waals surface area contributed by atoms with E-state index < -0.39 is 0 Å². The number of nitrogens with one attached hydrogen (secondary N) is 2. The van der Waals surface area contributed by atoms with E-state index in [4.69, 9.17) is 14.5 Å². The molecule has 1 aliphatic rings. The normalized spacial score (nSPS) is 13.2. The zero-order valence-electron chi connectivity index (χ0n) is 15.9. The monoisotopic (exact) mass is 357 g/mol. The number of aliphatic imine (C=N–C) groups is 1. The number of hydrogen-bond acceptors (Lipinski definition) is 4. The molecule has 0 amide bonds. The van der Waals surface area contributed by atoms with Crippen LogP contribution in [0.15, 0.2) is 23.2 Å². The van der Waals surface area contributed by atoms with Gasteiger partial charge in [0.15, 0.2) is 17.5 Å². The Balaban J connectivity index is 1.58. The van der Waals surface area contributed by atoms with Crippen LogP contribution < -0.4 is 20.1 Å². The van der Waals surface area contributed by atoms with Crippen molar-refractivity contribution in [1.29, 1.82) is 0 Å². The molecular formula is C19H27N5O2.